The first-order chi connectivity index (χ1) is 5.81. The molecule has 0 bridgehead atoms. The van der Waals surface area contributed by atoms with Gasteiger partial charge >= 0.3 is 0 Å². The summed E-state index contributed by atoms with van der Waals surface area (Å²) < 4.78 is 6.06. The quantitative estimate of drug-likeness (QED) is 0.610. The fourth-order valence-corrected chi connectivity index (χ4v) is 0.970. The number of ether oxygens (including phenoxy) is 1. The van der Waals surface area contributed by atoms with E-state index in [1.54, 1.807) is 13.2 Å². The van der Waals surface area contributed by atoms with Crippen LogP contribution >= 0.6 is 0 Å². The summed E-state index contributed by atoms with van der Waals surface area (Å²) in [4.78, 5) is 4.06. The Morgan fingerprint density at radius 1 is 1.75 bits per heavy atom. The zero-order valence-electron chi connectivity index (χ0n) is 6.27. The molecule has 2 heterocycles. The summed E-state index contributed by atoms with van der Waals surface area (Å²) in [5.74, 6) is 1.09. The van der Waals surface area contributed by atoms with Gasteiger partial charge in [0.2, 0.25) is 11.4 Å². The van der Waals surface area contributed by atoms with Crippen LogP contribution in [-0.4, -0.2) is 19.8 Å². The van der Waals surface area contributed by atoms with Crippen molar-refractivity contribution in [2.45, 2.75) is 6.92 Å². The Balaban J connectivity index is 2.62. The molecule has 0 aromatic carbocycles. The zero-order chi connectivity index (χ0) is 8.55. The van der Waals surface area contributed by atoms with Crippen LogP contribution in [0.3, 0.4) is 0 Å². The van der Waals surface area contributed by atoms with E-state index in [1.807, 2.05) is 0 Å². The fourth-order valence-electron chi connectivity index (χ4n) is 0.970. The molecule has 0 saturated carbocycles. The standard InChI is InChI=1S/C6H5N5O/c1-4-9-6-5(12-3-7)2-8-11(6)10-4/h2H,1H3,(H,9,10). The van der Waals surface area contributed by atoms with Crippen molar-refractivity contribution in [3.05, 3.63) is 12.0 Å². The monoisotopic (exact) mass is 163 g/mol. The number of nitrogens with one attached hydrogen (secondary N) is 1. The molecule has 6 heteroatoms. The van der Waals surface area contributed by atoms with Crippen molar-refractivity contribution in [1.29, 1.82) is 5.26 Å². The molecule has 0 amide bonds. The first-order valence-corrected chi connectivity index (χ1v) is 3.27. The molecule has 1 N–H and O–H groups in total. The lowest BCUT2D eigenvalue weighted by Gasteiger charge is -1.83. The lowest BCUT2D eigenvalue weighted by Crippen LogP contribution is -1.84. The Morgan fingerprint density at radius 2 is 2.58 bits per heavy atom. The van der Waals surface area contributed by atoms with Crippen molar-refractivity contribution in [2.75, 3.05) is 0 Å². The average Bonchev–Trinajstić information content (AvgIpc) is 2.52. The number of nitrogens with zero attached hydrogens (tertiary/aromatic N) is 4. The fraction of sp³-hybridized carbons (Fsp3) is 0.167. The van der Waals surface area contributed by atoms with Crippen LogP contribution in [0.5, 0.6) is 5.75 Å². The second-order valence-corrected chi connectivity index (χ2v) is 2.25. The minimum atomic E-state index is 0.363. The van der Waals surface area contributed by atoms with Gasteiger partial charge in [0.15, 0.2) is 0 Å². The summed E-state index contributed by atoms with van der Waals surface area (Å²) >= 11 is 0. The minimum absolute atomic E-state index is 0.363. The first-order valence-electron chi connectivity index (χ1n) is 3.27. The van der Waals surface area contributed by atoms with Crippen LogP contribution in [0.1, 0.15) is 5.82 Å². The smallest absolute Gasteiger partial charge is 0.292 e. The molecule has 0 saturated heterocycles. The van der Waals surface area contributed by atoms with Crippen LogP contribution < -0.4 is 4.74 Å². The molecule has 2 aromatic heterocycles. The molecule has 0 atom stereocenters. The minimum Gasteiger partial charge on any atom is -0.382 e. The number of fused-ring (bicyclic) bond motifs is 1. The van der Waals surface area contributed by atoms with Gasteiger partial charge in [-0.2, -0.15) is 9.73 Å². The van der Waals surface area contributed by atoms with Gasteiger partial charge in [-0.1, -0.05) is 0 Å². The van der Waals surface area contributed by atoms with Gasteiger partial charge in [0, 0.05) is 0 Å². The number of hydrogen-bond acceptors (Lipinski definition) is 4. The number of nitriles is 1. The summed E-state index contributed by atoms with van der Waals surface area (Å²) in [6.45, 7) is 1.80. The van der Waals surface area contributed by atoms with Gasteiger partial charge < -0.3 is 4.74 Å². The Hall–Kier alpha value is -2.03. The van der Waals surface area contributed by atoms with Gasteiger partial charge in [-0.05, 0) is 6.92 Å². The Labute approximate surface area is 67.4 Å². The summed E-state index contributed by atoms with van der Waals surface area (Å²) in [6.07, 6.45) is 3.00. The van der Waals surface area contributed by atoms with Gasteiger partial charge in [-0.3, -0.25) is 5.10 Å². The highest BCUT2D eigenvalue weighted by Gasteiger charge is 2.08. The van der Waals surface area contributed by atoms with Crippen LogP contribution in [0, 0.1) is 18.4 Å². The molecule has 2 aromatic rings. The van der Waals surface area contributed by atoms with Crippen molar-refractivity contribution in [3.63, 3.8) is 0 Å². The Bertz CT molecular complexity index is 448. The van der Waals surface area contributed by atoms with Crippen molar-refractivity contribution >= 4 is 5.65 Å². The third kappa shape index (κ3) is 0.802. The lowest BCUT2D eigenvalue weighted by molar-refractivity contribution is 0.511. The second-order valence-electron chi connectivity index (χ2n) is 2.25. The first kappa shape index (κ1) is 6.67. The normalized spacial score (nSPS) is 10.0. The van der Waals surface area contributed by atoms with Gasteiger partial charge in [-0.15, -0.1) is 5.26 Å². The molecular formula is C6H5N5O. The summed E-state index contributed by atoms with van der Waals surface area (Å²) in [7, 11) is 0. The molecule has 0 spiro atoms. The maximum atomic E-state index is 8.26. The van der Waals surface area contributed by atoms with Crippen molar-refractivity contribution in [3.8, 4) is 12.0 Å². The van der Waals surface area contributed by atoms with E-state index in [0.29, 0.717) is 11.4 Å². The van der Waals surface area contributed by atoms with Gasteiger partial charge in [-0.25, -0.2) is 4.98 Å². The molecule has 0 aliphatic rings. The molecular weight excluding hydrogens is 158 g/mol. The molecule has 0 radical (unpaired) electrons. The topological polar surface area (TPSA) is 79.0 Å². The van der Waals surface area contributed by atoms with E-state index in [-0.39, 0.29) is 0 Å². The SMILES string of the molecule is Cc1nc2c(OC#N)cnn2[nH]1. The largest absolute Gasteiger partial charge is 0.382 e. The third-order valence-corrected chi connectivity index (χ3v) is 1.41. The highest BCUT2D eigenvalue weighted by Crippen LogP contribution is 2.15. The molecule has 2 rings (SSSR count). The van der Waals surface area contributed by atoms with E-state index in [1.165, 1.54) is 10.8 Å². The van der Waals surface area contributed by atoms with Crippen molar-refractivity contribution < 1.29 is 4.74 Å². The van der Waals surface area contributed by atoms with Crippen LogP contribution in [0.4, 0.5) is 0 Å². The molecule has 0 fully saturated rings. The highest BCUT2D eigenvalue weighted by atomic mass is 16.5. The number of rotatable bonds is 1. The summed E-state index contributed by atoms with van der Waals surface area (Å²) in [6, 6.07) is 0. The maximum absolute atomic E-state index is 8.26. The average molecular weight is 163 g/mol. The molecule has 60 valence electrons. The maximum Gasteiger partial charge on any atom is 0.292 e. The van der Waals surface area contributed by atoms with E-state index in [0.717, 1.165) is 5.82 Å². The van der Waals surface area contributed by atoms with Crippen molar-refractivity contribution in [1.82, 2.24) is 19.8 Å². The number of H-pyrrole nitrogens is 1. The van der Waals surface area contributed by atoms with Crippen LogP contribution in [0.25, 0.3) is 5.65 Å². The van der Waals surface area contributed by atoms with Crippen LogP contribution in [-0.2, 0) is 0 Å². The van der Waals surface area contributed by atoms with Gasteiger partial charge in [0.1, 0.15) is 5.82 Å². The lowest BCUT2D eigenvalue weighted by atomic mass is 10.6. The second kappa shape index (κ2) is 2.23. The van der Waals surface area contributed by atoms with Crippen LogP contribution in [0.2, 0.25) is 0 Å². The third-order valence-electron chi connectivity index (χ3n) is 1.41. The van der Waals surface area contributed by atoms with E-state index >= 15 is 0 Å². The molecule has 6 nitrogen and oxygen atoms in total. The number of aryl methyl sites for hydroxylation is 1. The Morgan fingerprint density at radius 3 is 3.33 bits per heavy atom. The number of hydrogen-bond donors (Lipinski definition) is 1. The predicted octanol–water partition coefficient (Wildman–Crippen LogP) is 0.226. The highest BCUT2D eigenvalue weighted by molar-refractivity contribution is 5.51. The number of aromatic nitrogens is 4. The van der Waals surface area contributed by atoms with Crippen LogP contribution in [0.15, 0.2) is 6.20 Å². The van der Waals surface area contributed by atoms with Gasteiger partial charge in [0.05, 0.1) is 6.20 Å². The van der Waals surface area contributed by atoms with E-state index in [9.17, 15) is 0 Å². The molecule has 0 aliphatic carbocycles. The van der Waals surface area contributed by atoms with E-state index in [4.69, 9.17) is 5.26 Å². The summed E-state index contributed by atoms with van der Waals surface area (Å²) in [5, 5.41) is 15.0. The predicted molar refractivity (Wildman–Crippen MR) is 38.3 cm³/mol. The molecule has 12 heavy (non-hydrogen) atoms. The molecule has 0 unspecified atom stereocenters. The molecule has 0 aliphatic heterocycles. The zero-order valence-corrected chi connectivity index (χ0v) is 6.27. The van der Waals surface area contributed by atoms with Gasteiger partial charge in [0.25, 0.3) is 6.26 Å². The Kier molecular flexibility index (Phi) is 1.24. The van der Waals surface area contributed by atoms with E-state index < -0.39 is 0 Å². The van der Waals surface area contributed by atoms with Crippen molar-refractivity contribution in [2.24, 2.45) is 0 Å². The number of aromatic amines is 1. The van der Waals surface area contributed by atoms with E-state index in [2.05, 4.69) is 19.9 Å². The summed E-state index contributed by atoms with van der Waals surface area (Å²) in [5.41, 5.74) is 0.522.